The highest BCUT2D eigenvalue weighted by atomic mass is 16.3. The third kappa shape index (κ3) is 2.27. The van der Waals surface area contributed by atoms with Crippen LogP contribution in [0, 0.1) is 0 Å². The summed E-state index contributed by atoms with van der Waals surface area (Å²) in [5.74, 6) is 5.58. The van der Waals surface area contributed by atoms with Crippen LogP contribution < -0.4 is 11.2 Å². The molecule has 0 radical (unpaired) electrons. The molecular weight excluding hydrogens is 142 g/mol. The number of nitrogens with two attached hydrogens (primary N) is 1. The Bertz CT molecular complexity index is 147. The maximum absolute atomic E-state index is 9.11. The quantitative estimate of drug-likeness (QED) is 0.216. The number of rotatable bonds is 2. The molecule has 0 aromatic carbocycles. The second kappa shape index (κ2) is 3.82. The van der Waals surface area contributed by atoms with Crippen molar-refractivity contribution < 1.29 is 5.11 Å². The Morgan fingerprint density at radius 1 is 1.73 bits per heavy atom. The molecule has 0 aromatic rings. The zero-order chi connectivity index (χ0) is 8.27. The van der Waals surface area contributed by atoms with Gasteiger partial charge in [0.05, 0.1) is 6.17 Å². The van der Waals surface area contributed by atoms with Gasteiger partial charge in [0.15, 0.2) is 0 Å². The summed E-state index contributed by atoms with van der Waals surface area (Å²) in [4.78, 5) is 0. The first-order valence-electron chi connectivity index (χ1n) is 3.81. The van der Waals surface area contributed by atoms with Crippen LogP contribution >= 0.6 is 0 Å². The Balaban J connectivity index is 2.40. The highest BCUT2D eigenvalue weighted by Crippen LogP contribution is 2.03. The highest BCUT2D eigenvalue weighted by Gasteiger charge is 2.17. The first-order chi connectivity index (χ1) is 5.22. The van der Waals surface area contributed by atoms with Gasteiger partial charge in [-0.3, -0.25) is 11.2 Å². The Kier molecular flexibility index (Phi) is 3.02. The van der Waals surface area contributed by atoms with Crippen LogP contribution in [0.3, 0.4) is 0 Å². The summed E-state index contributed by atoms with van der Waals surface area (Å²) in [6.07, 6.45) is 4.43. The Labute approximate surface area is 66.6 Å². The summed E-state index contributed by atoms with van der Waals surface area (Å²) in [5, 5.41) is 13.7. The summed E-state index contributed by atoms with van der Waals surface area (Å²) in [5.41, 5.74) is 0. The van der Waals surface area contributed by atoms with Crippen LogP contribution in [0.2, 0.25) is 0 Å². The molecule has 4 nitrogen and oxygen atoms in total. The maximum atomic E-state index is 9.11. The molecule has 0 aliphatic carbocycles. The van der Waals surface area contributed by atoms with Gasteiger partial charge in [0.25, 0.3) is 0 Å². The van der Waals surface area contributed by atoms with Crippen molar-refractivity contribution in [2.75, 3.05) is 6.54 Å². The summed E-state index contributed by atoms with van der Waals surface area (Å²) in [6, 6.07) is 0. The van der Waals surface area contributed by atoms with Crippen molar-refractivity contribution >= 4 is 0 Å². The predicted molar refractivity (Wildman–Crippen MR) is 43.3 cm³/mol. The van der Waals surface area contributed by atoms with E-state index < -0.39 is 6.23 Å². The topological polar surface area (TPSA) is 61.5 Å². The van der Waals surface area contributed by atoms with Crippen molar-refractivity contribution in [1.82, 2.24) is 10.3 Å². The van der Waals surface area contributed by atoms with Gasteiger partial charge in [-0.2, -0.15) is 0 Å². The fourth-order valence-electron chi connectivity index (χ4n) is 1.08. The molecule has 0 saturated heterocycles. The van der Waals surface area contributed by atoms with Crippen molar-refractivity contribution in [2.24, 2.45) is 5.84 Å². The molecule has 64 valence electrons. The van der Waals surface area contributed by atoms with Crippen LogP contribution in [-0.4, -0.2) is 29.1 Å². The first kappa shape index (κ1) is 8.67. The molecule has 1 aliphatic heterocycles. The van der Waals surface area contributed by atoms with Crippen molar-refractivity contribution in [3.8, 4) is 0 Å². The predicted octanol–water partition coefficient (Wildman–Crippen LogP) is -0.624. The summed E-state index contributed by atoms with van der Waals surface area (Å²) < 4.78 is 0. The smallest absolute Gasteiger partial charge is 0.118 e. The minimum absolute atomic E-state index is 0.0694. The average Bonchev–Trinajstić information content (AvgIpc) is 2.05. The van der Waals surface area contributed by atoms with Crippen LogP contribution in [0.4, 0.5) is 0 Å². The largest absolute Gasteiger partial charge is 0.377 e. The number of nitrogens with zero attached hydrogens (tertiary/aromatic N) is 1. The molecule has 2 atom stereocenters. The summed E-state index contributed by atoms with van der Waals surface area (Å²) in [7, 11) is 0. The lowest BCUT2D eigenvalue weighted by molar-refractivity contribution is -0.0222. The van der Waals surface area contributed by atoms with Gasteiger partial charge in [-0.05, 0) is 13.3 Å². The Hall–Kier alpha value is -0.420. The standard InChI is InChI=1S/C7H15N3O/c1-6(11)10(8)7-4-2-3-5-9-7/h2-3,6-7,9,11H,4-5,8H2,1H3. The van der Waals surface area contributed by atoms with Gasteiger partial charge >= 0.3 is 0 Å². The number of nitrogens with one attached hydrogen (secondary N) is 1. The molecule has 0 fully saturated rings. The number of aliphatic hydroxyl groups is 1. The van der Waals surface area contributed by atoms with Gasteiger partial charge in [0, 0.05) is 6.54 Å². The van der Waals surface area contributed by atoms with Crippen LogP contribution in [0.5, 0.6) is 0 Å². The van der Waals surface area contributed by atoms with Gasteiger partial charge in [-0.1, -0.05) is 12.2 Å². The van der Waals surface area contributed by atoms with E-state index in [0.29, 0.717) is 0 Å². The average molecular weight is 157 g/mol. The minimum Gasteiger partial charge on any atom is -0.377 e. The lowest BCUT2D eigenvalue weighted by Crippen LogP contribution is -2.54. The van der Waals surface area contributed by atoms with Gasteiger partial charge in [-0.15, -0.1) is 0 Å². The molecule has 0 amide bonds. The minimum atomic E-state index is -0.598. The van der Waals surface area contributed by atoms with Crippen molar-refractivity contribution in [3.63, 3.8) is 0 Å². The van der Waals surface area contributed by atoms with Gasteiger partial charge in [0.1, 0.15) is 6.23 Å². The number of hydrogen-bond acceptors (Lipinski definition) is 4. The van der Waals surface area contributed by atoms with E-state index in [2.05, 4.69) is 11.4 Å². The van der Waals surface area contributed by atoms with Crippen LogP contribution in [0.1, 0.15) is 13.3 Å². The maximum Gasteiger partial charge on any atom is 0.118 e. The van der Waals surface area contributed by atoms with Crippen molar-refractivity contribution in [1.29, 1.82) is 0 Å². The fourth-order valence-corrected chi connectivity index (χ4v) is 1.08. The van der Waals surface area contributed by atoms with E-state index in [1.54, 1.807) is 6.92 Å². The van der Waals surface area contributed by atoms with E-state index in [4.69, 9.17) is 10.9 Å². The lowest BCUT2D eigenvalue weighted by Gasteiger charge is -2.31. The van der Waals surface area contributed by atoms with E-state index >= 15 is 0 Å². The second-order valence-corrected chi connectivity index (χ2v) is 2.71. The second-order valence-electron chi connectivity index (χ2n) is 2.71. The van der Waals surface area contributed by atoms with Gasteiger partial charge in [-0.25, -0.2) is 5.01 Å². The molecule has 0 bridgehead atoms. The molecule has 0 saturated carbocycles. The van der Waals surface area contributed by atoms with Crippen LogP contribution in [0.25, 0.3) is 0 Å². The monoisotopic (exact) mass is 157 g/mol. The highest BCUT2D eigenvalue weighted by molar-refractivity contribution is 4.93. The molecule has 1 rings (SSSR count). The molecule has 1 aliphatic rings. The number of hydrogen-bond donors (Lipinski definition) is 3. The van der Waals surface area contributed by atoms with E-state index in [9.17, 15) is 0 Å². The van der Waals surface area contributed by atoms with E-state index in [1.165, 1.54) is 5.01 Å². The number of aliphatic hydroxyl groups excluding tert-OH is 1. The number of hydrazine groups is 1. The SMILES string of the molecule is CC(O)N(N)C1CC=CCN1. The zero-order valence-corrected chi connectivity index (χ0v) is 6.70. The van der Waals surface area contributed by atoms with Gasteiger partial charge in [0.2, 0.25) is 0 Å². The normalized spacial score (nSPS) is 27.5. The van der Waals surface area contributed by atoms with Crippen LogP contribution in [0.15, 0.2) is 12.2 Å². The molecule has 11 heavy (non-hydrogen) atoms. The van der Waals surface area contributed by atoms with E-state index in [0.717, 1.165) is 13.0 Å². The third-order valence-corrected chi connectivity index (χ3v) is 1.79. The molecule has 4 N–H and O–H groups in total. The van der Waals surface area contributed by atoms with Crippen molar-refractivity contribution in [2.45, 2.75) is 25.7 Å². The van der Waals surface area contributed by atoms with E-state index in [1.807, 2.05) is 6.08 Å². The molecule has 2 unspecified atom stereocenters. The molecule has 4 heteroatoms. The van der Waals surface area contributed by atoms with Crippen molar-refractivity contribution in [3.05, 3.63) is 12.2 Å². The Morgan fingerprint density at radius 2 is 2.45 bits per heavy atom. The molecular formula is C7H15N3O. The summed E-state index contributed by atoms with van der Waals surface area (Å²) in [6.45, 7) is 2.48. The molecule has 1 heterocycles. The molecule has 0 spiro atoms. The third-order valence-electron chi connectivity index (χ3n) is 1.79. The fraction of sp³-hybridized carbons (Fsp3) is 0.714. The molecule has 0 aromatic heterocycles. The lowest BCUT2D eigenvalue weighted by atomic mass is 10.2. The van der Waals surface area contributed by atoms with Crippen LogP contribution in [-0.2, 0) is 0 Å². The zero-order valence-electron chi connectivity index (χ0n) is 6.70. The first-order valence-corrected chi connectivity index (χ1v) is 3.81. The Morgan fingerprint density at radius 3 is 2.91 bits per heavy atom. The summed E-state index contributed by atoms with van der Waals surface area (Å²) >= 11 is 0. The van der Waals surface area contributed by atoms with E-state index in [-0.39, 0.29) is 6.17 Å². The van der Waals surface area contributed by atoms with Gasteiger partial charge < -0.3 is 5.11 Å².